The van der Waals surface area contributed by atoms with Gasteiger partial charge in [0.2, 0.25) is 0 Å². The third kappa shape index (κ3) is 4.95. The number of ether oxygens (including phenoxy) is 1. The van der Waals surface area contributed by atoms with Gasteiger partial charge in [0.25, 0.3) is 0 Å². The molecule has 0 radical (unpaired) electrons. The Balaban J connectivity index is 1.78. The van der Waals surface area contributed by atoms with Crippen molar-refractivity contribution >= 4 is 12.1 Å². The predicted molar refractivity (Wildman–Crippen MR) is 88.1 cm³/mol. The lowest BCUT2D eigenvalue weighted by molar-refractivity contribution is 0.0146. The number of aryl methyl sites for hydroxylation is 1. The van der Waals surface area contributed by atoms with Crippen molar-refractivity contribution in [1.29, 1.82) is 0 Å². The molecule has 1 aromatic rings. The molecule has 0 saturated carbocycles. The highest BCUT2D eigenvalue weighted by atomic mass is 16.6. The average Bonchev–Trinajstić information content (AvgIpc) is 2.85. The number of carbonyl (C=O) groups is 2. The van der Waals surface area contributed by atoms with Gasteiger partial charge >= 0.3 is 12.1 Å². The first-order chi connectivity index (χ1) is 11.2. The Labute approximate surface area is 142 Å². The minimum absolute atomic E-state index is 0.194. The number of aromatic carboxylic acids is 1. The summed E-state index contributed by atoms with van der Waals surface area (Å²) in [5.41, 5.74) is 0.485. The van der Waals surface area contributed by atoms with E-state index < -0.39 is 11.6 Å². The number of carbonyl (C=O) groups excluding carboxylic acids is 1. The van der Waals surface area contributed by atoms with Crippen molar-refractivity contribution < 1.29 is 19.4 Å². The van der Waals surface area contributed by atoms with Gasteiger partial charge in [0.15, 0.2) is 0 Å². The fourth-order valence-corrected chi connectivity index (χ4v) is 2.60. The molecule has 0 unspecified atom stereocenters. The summed E-state index contributed by atoms with van der Waals surface area (Å²) in [4.78, 5) is 27.0. The predicted octanol–water partition coefficient (Wildman–Crippen LogP) is 1.21. The molecule has 0 atom stereocenters. The quantitative estimate of drug-likeness (QED) is 0.888. The van der Waals surface area contributed by atoms with Crippen molar-refractivity contribution in [3.05, 3.63) is 17.5 Å². The Morgan fingerprint density at radius 1 is 1.25 bits per heavy atom. The summed E-state index contributed by atoms with van der Waals surface area (Å²) in [6, 6.07) is 1.61. The lowest BCUT2D eigenvalue weighted by atomic mass is 10.2. The lowest BCUT2D eigenvalue weighted by Crippen LogP contribution is -2.50. The number of rotatable bonds is 4. The van der Waals surface area contributed by atoms with Gasteiger partial charge in [-0.1, -0.05) is 0 Å². The molecular weight excluding hydrogens is 312 g/mol. The zero-order valence-corrected chi connectivity index (χ0v) is 14.8. The summed E-state index contributed by atoms with van der Waals surface area (Å²) < 4.78 is 6.77. The first-order valence-electron chi connectivity index (χ1n) is 8.12. The van der Waals surface area contributed by atoms with E-state index >= 15 is 0 Å². The van der Waals surface area contributed by atoms with Gasteiger partial charge in [-0.25, -0.2) is 9.59 Å². The number of amides is 1. The van der Waals surface area contributed by atoms with Gasteiger partial charge in [-0.3, -0.25) is 9.58 Å². The number of nitrogens with zero attached hydrogens (tertiary/aromatic N) is 4. The molecule has 1 fully saturated rings. The summed E-state index contributed by atoms with van der Waals surface area (Å²) >= 11 is 0. The van der Waals surface area contributed by atoms with Crippen LogP contribution in [0.3, 0.4) is 0 Å². The summed E-state index contributed by atoms with van der Waals surface area (Å²) in [5, 5.41) is 13.3. The first-order valence-corrected chi connectivity index (χ1v) is 8.12. The van der Waals surface area contributed by atoms with Crippen LogP contribution in [0.5, 0.6) is 0 Å². The smallest absolute Gasteiger partial charge is 0.410 e. The van der Waals surface area contributed by atoms with E-state index in [1.807, 2.05) is 20.8 Å². The van der Waals surface area contributed by atoms with Crippen LogP contribution < -0.4 is 0 Å². The van der Waals surface area contributed by atoms with Crippen LogP contribution in [0.4, 0.5) is 4.79 Å². The van der Waals surface area contributed by atoms with Crippen molar-refractivity contribution in [3.63, 3.8) is 0 Å². The van der Waals surface area contributed by atoms with Crippen LogP contribution in [0.1, 0.15) is 37.0 Å². The SMILES string of the molecule is Cn1nc(CCN2CCN(C(=O)OC(C)(C)C)CC2)cc1C(=O)O. The first kappa shape index (κ1) is 18.3. The van der Waals surface area contributed by atoms with Gasteiger partial charge in [0, 0.05) is 46.2 Å². The van der Waals surface area contributed by atoms with Crippen LogP contribution in [-0.4, -0.2) is 75.1 Å². The molecule has 1 saturated heterocycles. The average molecular weight is 338 g/mol. The summed E-state index contributed by atoms with van der Waals surface area (Å²) in [5.74, 6) is -0.970. The number of carboxylic acids is 1. The molecular formula is C16H26N4O4. The van der Waals surface area contributed by atoms with E-state index in [0.29, 0.717) is 19.5 Å². The zero-order chi connectivity index (χ0) is 17.9. The van der Waals surface area contributed by atoms with E-state index in [2.05, 4.69) is 10.00 Å². The molecule has 0 bridgehead atoms. The summed E-state index contributed by atoms with van der Waals surface area (Å²) in [6.45, 7) is 9.20. The Morgan fingerprint density at radius 2 is 1.88 bits per heavy atom. The van der Waals surface area contributed by atoms with E-state index in [1.54, 1.807) is 18.0 Å². The molecule has 2 rings (SSSR count). The highest BCUT2D eigenvalue weighted by Crippen LogP contribution is 2.12. The fourth-order valence-electron chi connectivity index (χ4n) is 2.60. The fraction of sp³-hybridized carbons (Fsp3) is 0.688. The molecule has 1 aliphatic heterocycles. The second-order valence-electron chi connectivity index (χ2n) is 7.01. The molecule has 2 heterocycles. The Hall–Kier alpha value is -2.09. The molecule has 1 aromatic heterocycles. The Morgan fingerprint density at radius 3 is 2.38 bits per heavy atom. The number of hydrogen-bond acceptors (Lipinski definition) is 5. The van der Waals surface area contributed by atoms with Gasteiger partial charge in [0.05, 0.1) is 5.69 Å². The Bertz CT molecular complexity index is 598. The van der Waals surface area contributed by atoms with Crippen molar-refractivity contribution in [3.8, 4) is 0 Å². The van der Waals surface area contributed by atoms with E-state index in [1.165, 1.54) is 4.68 Å². The van der Waals surface area contributed by atoms with Gasteiger partial charge < -0.3 is 14.7 Å². The number of hydrogen-bond donors (Lipinski definition) is 1. The zero-order valence-electron chi connectivity index (χ0n) is 14.8. The second kappa shape index (κ2) is 7.21. The molecule has 8 nitrogen and oxygen atoms in total. The molecule has 8 heteroatoms. The van der Waals surface area contributed by atoms with Gasteiger partial charge in [-0.2, -0.15) is 5.10 Å². The maximum Gasteiger partial charge on any atom is 0.410 e. The molecule has 0 aliphatic carbocycles. The van der Waals surface area contributed by atoms with Gasteiger partial charge in [-0.05, 0) is 26.8 Å². The van der Waals surface area contributed by atoms with Crippen LogP contribution in [-0.2, 0) is 18.2 Å². The minimum Gasteiger partial charge on any atom is -0.477 e. The van der Waals surface area contributed by atoms with Crippen LogP contribution in [0.15, 0.2) is 6.07 Å². The third-order valence-corrected chi connectivity index (χ3v) is 3.86. The van der Waals surface area contributed by atoms with Crippen molar-refractivity contribution in [2.45, 2.75) is 32.8 Å². The largest absolute Gasteiger partial charge is 0.477 e. The van der Waals surface area contributed by atoms with E-state index in [4.69, 9.17) is 9.84 Å². The van der Waals surface area contributed by atoms with E-state index in [0.717, 1.165) is 25.3 Å². The second-order valence-corrected chi connectivity index (χ2v) is 7.01. The van der Waals surface area contributed by atoms with Crippen LogP contribution >= 0.6 is 0 Å². The molecule has 1 amide bonds. The highest BCUT2D eigenvalue weighted by Gasteiger charge is 2.25. The van der Waals surface area contributed by atoms with E-state index in [9.17, 15) is 9.59 Å². The summed E-state index contributed by atoms with van der Waals surface area (Å²) in [6.07, 6.45) is 0.422. The summed E-state index contributed by atoms with van der Waals surface area (Å²) in [7, 11) is 1.63. The molecule has 1 N–H and O–H groups in total. The standard InChI is InChI=1S/C16H26N4O4/c1-16(2,3)24-15(23)20-9-7-19(8-10-20)6-5-12-11-13(14(21)22)18(4)17-12/h11H,5-10H2,1-4H3,(H,21,22). The number of aromatic nitrogens is 2. The van der Waals surface area contributed by atoms with Gasteiger partial charge in [0.1, 0.15) is 11.3 Å². The van der Waals surface area contributed by atoms with Crippen LogP contribution in [0.25, 0.3) is 0 Å². The van der Waals surface area contributed by atoms with E-state index in [-0.39, 0.29) is 11.8 Å². The molecule has 134 valence electrons. The monoisotopic (exact) mass is 338 g/mol. The van der Waals surface area contributed by atoms with Gasteiger partial charge in [-0.15, -0.1) is 0 Å². The molecule has 1 aliphatic rings. The Kier molecular flexibility index (Phi) is 5.48. The van der Waals surface area contributed by atoms with Crippen LogP contribution in [0, 0.1) is 0 Å². The van der Waals surface area contributed by atoms with Crippen LogP contribution in [0.2, 0.25) is 0 Å². The number of piperazine rings is 1. The maximum absolute atomic E-state index is 12.0. The third-order valence-electron chi connectivity index (χ3n) is 3.86. The molecule has 0 spiro atoms. The minimum atomic E-state index is -0.970. The topological polar surface area (TPSA) is 87.9 Å². The van der Waals surface area contributed by atoms with Crippen molar-refractivity contribution in [1.82, 2.24) is 19.6 Å². The molecule has 24 heavy (non-hydrogen) atoms. The lowest BCUT2D eigenvalue weighted by Gasteiger charge is -2.35. The van der Waals surface area contributed by atoms with Crippen molar-refractivity contribution in [2.75, 3.05) is 32.7 Å². The number of carboxylic acid groups (broad SMARTS) is 1. The maximum atomic E-state index is 12.0. The molecule has 0 aromatic carbocycles. The van der Waals surface area contributed by atoms with Crippen molar-refractivity contribution in [2.24, 2.45) is 7.05 Å². The highest BCUT2D eigenvalue weighted by molar-refractivity contribution is 5.85. The normalized spacial score (nSPS) is 16.2.